The van der Waals surface area contributed by atoms with Crippen molar-refractivity contribution in [2.45, 2.75) is 14.7 Å². The van der Waals surface area contributed by atoms with Crippen molar-refractivity contribution in [3.8, 4) is 0 Å². The van der Waals surface area contributed by atoms with Crippen molar-refractivity contribution in [1.82, 2.24) is 0 Å². The molecule has 0 aliphatic heterocycles. The minimum atomic E-state index is -5.12. The summed E-state index contributed by atoms with van der Waals surface area (Å²) < 4.78 is 76.5. The lowest BCUT2D eigenvalue weighted by Crippen LogP contribution is -2.43. The average Bonchev–Trinajstić information content (AvgIpc) is 3.04. The molecule has 0 spiro atoms. The van der Waals surface area contributed by atoms with E-state index >= 15 is 0 Å². The van der Waals surface area contributed by atoms with Crippen LogP contribution in [0.1, 0.15) is 0 Å². The Morgan fingerprint density at radius 1 is 0.604 bits per heavy atom. The Morgan fingerprint density at radius 3 is 1.81 bits per heavy atom. The monoisotopic (exact) mass is 710 g/mol. The summed E-state index contributed by atoms with van der Waals surface area (Å²) in [6.45, 7) is 0. The van der Waals surface area contributed by atoms with Gasteiger partial charge in [0.1, 0.15) is 24.9 Å². The highest BCUT2D eigenvalue weighted by atomic mass is 32.2. The first-order valence-electron chi connectivity index (χ1n) is 13.5. The SMILES string of the molecule is C[n+]1c2ccc3c(=O)c4ccc(S(=O)(=O)O)cc4c(=O)c3c2[n+](C)c2c(S(=O)(=O)O)cc3c(=O)c4ccc(SOOO)cc4c(=O)c3c21. The summed E-state index contributed by atoms with van der Waals surface area (Å²) in [6, 6.07) is 10.6. The van der Waals surface area contributed by atoms with Crippen LogP contribution in [0.15, 0.2) is 88.5 Å². The minimum absolute atomic E-state index is 0.0246. The molecule has 0 aliphatic rings. The van der Waals surface area contributed by atoms with Crippen molar-refractivity contribution in [1.29, 1.82) is 0 Å². The second-order valence-corrected chi connectivity index (χ2v) is 14.5. The van der Waals surface area contributed by atoms with Crippen LogP contribution in [-0.4, -0.2) is 31.2 Å². The number of fused-ring (bicyclic) bond motifs is 8. The molecule has 1 aromatic heterocycles. The van der Waals surface area contributed by atoms with Crippen LogP contribution in [0.4, 0.5) is 0 Å². The van der Waals surface area contributed by atoms with Crippen molar-refractivity contribution in [3.05, 3.63) is 95.5 Å². The van der Waals surface area contributed by atoms with Crippen molar-refractivity contribution >= 4 is 97.4 Å². The van der Waals surface area contributed by atoms with E-state index in [2.05, 4.69) is 9.37 Å². The van der Waals surface area contributed by atoms with Gasteiger partial charge >= 0.3 is 10.1 Å². The Bertz CT molecular complexity index is 3100. The van der Waals surface area contributed by atoms with Crippen molar-refractivity contribution in [2.24, 2.45) is 14.1 Å². The molecule has 0 amide bonds. The van der Waals surface area contributed by atoms with Crippen LogP contribution in [0.2, 0.25) is 0 Å². The van der Waals surface area contributed by atoms with Crippen LogP contribution < -0.4 is 30.8 Å². The van der Waals surface area contributed by atoms with Gasteiger partial charge in [-0.1, -0.05) is 5.04 Å². The Balaban J connectivity index is 1.77. The standard InChI is InChI=1S/C30H16N2O13S3/c1-31-20-8-7-16-22(30(36)18-10-13(47(38,39)40)4-6-15(18)27(16)33)24(20)32(2)25-21(48(41,42)43)11-19-23(26(25)31)29(35)17-9-12(46-45-44-37)3-5-14(17)28(19)34/h3-11H,1-2H3,(H-2,37,38,39,40,41,42,43)/p+2. The zero-order chi connectivity index (χ0) is 34.6. The predicted molar refractivity (Wildman–Crippen MR) is 172 cm³/mol. The number of hydrogen-bond donors (Lipinski definition) is 3. The zero-order valence-electron chi connectivity index (χ0n) is 24.2. The summed E-state index contributed by atoms with van der Waals surface area (Å²) in [5.41, 5.74) is -3.18. The van der Waals surface area contributed by atoms with E-state index in [0.29, 0.717) is 12.0 Å². The van der Waals surface area contributed by atoms with Gasteiger partial charge in [0.2, 0.25) is 10.9 Å². The molecule has 0 unspecified atom stereocenters. The molecule has 0 fully saturated rings. The molecule has 0 saturated heterocycles. The van der Waals surface area contributed by atoms with Gasteiger partial charge < -0.3 is 0 Å². The van der Waals surface area contributed by atoms with Gasteiger partial charge in [0, 0.05) is 43.3 Å². The molecule has 0 aliphatic carbocycles. The summed E-state index contributed by atoms with van der Waals surface area (Å²) >= 11 is 0.541. The Hall–Kier alpha value is -4.79. The first-order valence-corrected chi connectivity index (χ1v) is 17.1. The second kappa shape index (κ2) is 10.6. The third-order valence-electron chi connectivity index (χ3n) is 8.40. The lowest BCUT2D eigenvalue weighted by molar-refractivity contribution is -0.657. The summed E-state index contributed by atoms with van der Waals surface area (Å²) in [4.78, 5) is 54.4. The highest BCUT2D eigenvalue weighted by Gasteiger charge is 2.36. The quantitative estimate of drug-likeness (QED) is 0.0438. The molecule has 18 heteroatoms. The van der Waals surface area contributed by atoms with Crippen LogP contribution >= 0.6 is 12.0 Å². The molecule has 242 valence electrons. The fourth-order valence-electron chi connectivity index (χ4n) is 6.38. The van der Waals surface area contributed by atoms with E-state index in [-0.39, 0.29) is 70.1 Å². The van der Waals surface area contributed by atoms with Crippen LogP contribution in [0.5, 0.6) is 0 Å². The molecule has 48 heavy (non-hydrogen) atoms. The predicted octanol–water partition coefficient (Wildman–Crippen LogP) is 1.49. The number of nitrogens with zero attached hydrogens (tertiary/aromatic N) is 2. The number of benzene rings is 6. The third-order valence-corrected chi connectivity index (χ3v) is 10.7. The van der Waals surface area contributed by atoms with Gasteiger partial charge in [-0.15, -0.1) is 4.33 Å². The van der Waals surface area contributed by atoms with E-state index in [1.165, 1.54) is 53.6 Å². The van der Waals surface area contributed by atoms with Gasteiger partial charge in [-0.25, -0.2) is 5.26 Å². The van der Waals surface area contributed by atoms with Gasteiger partial charge in [-0.05, 0) is 48.5 Å². The van der Waals surface area contributed by atoms with Crippen LogP contribution in [0.3, 0.4) is 0 Å². The van der Waals surface area contributed by atoms with Gasteiger partial charge in [0.15, 0.2) is 15.8 Å². The summed E-state index contributed by atoms with van der Waals surface area (Å²) in [5.74, 6) is 0. The smallest absolute Gasteiger partial charge is 0.289 e. The van der Waals surface area contributed by atoms with Crippen molar-refractivity contribution in [3.63, 3.8) is 0 Å². The average molecular weight is 711 g/mol. The molecule has 15 nitrogen and oxygen atoms in total. The molecule has 3 N–H and O–H groups in total. The number of aryl methyl sites for hydroxylation is 2. The van der Waals surface area contributed by atoms with E-state index in [9.17, 15) is 45.1 Å². The summed E-state index contributed by atoms with van der Waals surface area (Å²) in [7, 11) is -7.13. The summed E-state index contributed by atoms with van der Waals surface area (Å²) in [5, 5.41) is 10.6. The molecule has 7 rings (SSSR count). The van der Waals surface area contributed by atoms with E-state index in [4.69, 9.17) is 5.26 Å². The summed E-state index contributed by atoms with van der Waals surface area (Å²) in [6.07, 6.45) is 0. The molecule has 1 heterocycles. The van der Waals surface area contributed by atoms with Gasteiger partial charge in [-0.2, -0.15) is 26.0 Å². The Morgan fingerprint density at radius 2 is 1.19 bits per heavy atom. The van der Waals surface area contributed by atoms with Crippen LogP contribution in [0.25, 0.3) is 65.2 Å². The molecule has 7 aromatic rings. The normalized spacial score (nSPS) is 12.8. The molecule has 0 saturated carbocycles. The van der Waals surface area contributed by atoms with E-state index in [1.54, 1.807) is 0 Å². The first kappa shape index (κ1) is 31.8. The van der Waals surface area contributed by atoms with E-state index < -0.39 is 51.7 Å². The molecule has 0 bridgehead atoms. The van der Waals surface area contributed by atoms with Crippen molar-refractivity contribution in [2.75, 3.05) is 0 Å². The van der Waals surface area contributed by atoms with Gasteiger partial charge in [-0.3, -0.25) is 28.3 Å². The minimum Gasteiger partial charge on any atom is -0.289 e. The highest BCUT2D eigenvalue weighted by Crippen LogP contribution is 2.30. The largest absolute Gasteiger partial charge is 0.301 e. The zero-order valence-corrected chi connectivity index (χ0v) is 26.7. The topological polar surface area (TPSA) is 223 Å². The fourth-order valence-corrected chi connectivity index (χ4v) is 8.03. The number of rotatable bonds is 5. The van der Waals surface area contributed by atoms with Gasteiger partial charge in [0.05, 0.1) is 16.9 Å². The highest BCUT2D eigenvalue weighted by molar-refractivity contribution is 7.94. The first-order chi connectivity index (χ1) is 22.6. The maximum Gasteiger partial charge on any atom is 0.301 e. The second-order valence-electron chi connectivity index (χ2n) is 10.9. The number of aromatic nitrogens is 2. The molecule has 0 radical (unpaired) electrons. The Kier molecular flexibility index (Phi) is 7.02. The lowest BCUT2D eigenvalue weighted by Gasteiger charge is -2.10. The van der Waals surface area contributed by atoms with E-state index in [0.717, 1.165) is 24.3 Å². The maximum atomic E-state index is 14.1. The van der Waals surface area contributed by atoms with Crippen LogP contribution in [0, 0.1) is 0 Å². The van der Waals surface area contributed by atoms with Crippen molar-refractivity contribution < 1.29 is 49.7 Å². The number of hydrogen-bond acceptors (Lipinski definition) is 12. The Labute approximate surface area is 270 Å². The fraction of sp³-hybridized carbons (Fsp3) is 0.0667. The van der Waals surface area contributed by atoms with Crippen LogP contribution in [-0.2, 0) is 43.7 Å². The molecule has 6 aromatic carbocycles. The lowest BCUT2D eigenvalue weighted by atomic mass is 9.98. The maximum absolute atomic E-state index is 14.1. The molecular weight excluding hydrogens is 693 g/mol. The third kappa shape index (κ3) is 4.46. The molecular formula is C30H18N2O13S3+2. The molecule has 0 atom stereocenters. The van der Waals surface area contributed by atoms with E-state index in [1.807, 2.05) is 0 Å². The van der Waals surface area contributed by atoms with Gasteiger partial charge in [0.25, 0.3) is 32.2 Å².